The molecule has 1 heterocycles. The molecule has 3 atom stereocenters. The predicted octanol–water partition coefficient (Wildman–Crippen LogP) is 3.96. The van der Waals surface area contributed by atoms with E-state index >= 15 is 0 Å². The number of nitrogens with one attached hydrogen (secondary N) is 1. The number of hydrogen-bond donors (Lipinski definition) is 1. The zero-order chi connectivity index (χ0) is 14.3. The normalized spacial score (nSPS) is 30.5. The van der Waals surface area contributed by atoms with Gasteiger partial charge in [-0.2, -0.15) is 0 Å². The fourth-order valence-corrected chi connectivity index (χ4v) is 3.85. The van der Waals surface area contributed by atoms with Crippen LogP contribution in [0.25, 0.3) is 0 Å². The van der Waals surface area contributed by atoms with Gasteiger partial charge < -0.3 is 14.8 Å². The van der Waals surface area contributed by atoms with Gasteiger partial charge in [0.05, 0.1) is 18.4 Å². The van der Waals surface area contributed by atoms with E-state index in [2.05, 4.69) is 19.2 Å². The zero-order valence-corrected chi connectivity index (χ0v) is 13.0. The molecule has 20 heavy (non-hydrogen) atoms. The van der Waals surface area contributed by atoms with Gasteiger partial charge in [-0.15, -0.1) is 0 Å². The molecule has 1 N–H and O–H groups in total. The van der Waals surface area contributed by atoms with Crippen molar-refractivity contribution in [2.75, 3.05) is 18.5 Å². The molecule has 110 valence electrons. The number of rotatable bonds is 4. The van der Waals surface area contributed by atoms with E-state index in [0.717, 1.165) is 29.5 Å². The monoisotopic (exact) mass is 295 g/mol. The molecule has 1 aliphatic heterocycles. The predicted molar refractivity (Wildman–Crippen MR) is 81.7 cm³/mol. The molecular weight excluding hydrogens is 274 g/mol. The topological polar surface area (TPSA) is 30.5 Å². The lowest BCUT2D eigenvalue weighted by atomic mass is 9.57. The third kappa shape index (κ3) is 2.17. The van der Waals surface area contributed by atoms with Crippen LogP contribution in [0.15, 0.2) is 18.2 Å². The Kier molecular flexibility index (Phi) is 3.59. The van der Waals surface area contributed by atoms with Crippen LogP contribution in [0.4, 0.5) is 5.69 Å². The van der Waals surface area contributed by atoms with Crippen LogP contribution >= 0.6 is 11.6 Å². The number of fused-ring (bicyclic) bond motifs is 1. The molecule has 1 saturated heterocycles. The Balaban J connectivity index is 1.82. The van der Waals surface area contributed by atoms with Crippen molar-refractivity contribution in [2.24, 2.45) is 11.3 Å². The second-order valence-electron chi connectivity index (χ2n) is 6.26. The largest absolute Gasteiger partial charge is 0.492 e. The zero-order valence-electron chi connectivity index (χ0n) is 12.3. The van der Waals surface area contributed by atoms with Gasteiger partial charge in [-0.3, -0.25) is 0 Å². The van der Waals surface area contributed by atoms with E-state index in [1.165, 1.54) is 0 Å². The van der Waals surface area contributed by atoms with Crippen LogP contribution in [0, 0.1) is 11.3 Å². The van der Waals surface area contributed by atoms with Crippen LogP contribution in [0.2, 0.25) is 5.02 Å². The first-order chi connectivity index (χ1) is 9.54. The summed E-state index contributed by atoms with van der Waals surface area (Å²) >= 11 is 6.12. The first-order valence-electron chi connectivity index (χ1n) is 7.34. The molecule has 1 aromatic rings. The summed E-state index contributed by atoms with van der Waals surface area (Å²) in [5.41, 5.74) is 1.13. The maximum atomic E-state index is 6.12. The van der Waals surface area contributed by atoms with Crippen LogP contribution in [0.1, 0.15) is 27.2 Å². The molecule has 0 bridgehead atoms. The van der Waals surface area contributed by atoms with E-state index in [4.69, 9.17) is 21.1 Å². The molecule has 1 aliphatic carbocycles. The van der Waals surface area contributed by atoms with Crippen molar-refractivity contribution >= 4 is 17.3 Å². The van der Waals surface area contributed by atoms with Crippen molar-refractivity contribution in [2.45, 2.75) is 39.3 Å². The molecule has 3 rings (SSSR count). The van der Waals surface area contributed by atoms with Gasteiger partial charge in [-0.1, -0.05) is 25.4 Å². The fourth-order valence-electron chi connectivity index (χ4n) is 3.68. The highest BCUT2D eigenvalue weighted by atomic mass is 35.5. The van der Waals surface area contributed by atoms with Gasteiger partial charge in [0.2, 0.25) is 0 Å². The van der Waals surface area contributed by atoms with Crippen molar-refractivity contribution in [3.05, 3.63) is 23.2 Å². The van der Waals surface area contributed by atoms with Gasteiger partial charge >= 0.3 is 0 Å². The molecule has 1 aromatic carbocycles. The van der Waals surface area contributed by atoms with E-state index in [0.29, 0.717) is 24.7 Å². The summed E-state index contributed by atoms with van der Waals surface area (Å²) in [5.74, 6) is 1.47. The molecule has 2 aliphatic rings. The summed E-state index contributed by atoms with van der Waals surface area (Å²) in [5, 5.41) is 4.37. The van der Waals surface area contributed by atoms with E-state index in [-0.39, 0.29) is 5.41 Å². The smallest absolute Gasteiger partial charge is 0.142 e. The van der Waals surface area contributed by atoms with Gasteiger partial charge in [0, 0.05) is 29.0 Å². The molecular formula is C16H22ClNO2. The summed E-state index contributed by atoms with van der Waals surface area (Å²) in [4.78, 5) is 0. The Bertz CT molecular complexity index is 503. The lowest BCUT2D eigenvalue weighted by Gasteiger charge is -2.55. The second kappa shape index (κ2) is 5.12. The van der Waals surface area contributed by atoms with Gasteiger partial charge in [0.25, 0.3) is 0 Å². The second-order valence-corrected chi connectivity index (χ2v) is 6.70. The number of ether oxygens (including phenoxy) is 2. The van der Waals surface area contributed by atoms with Crippen molar-refractivity contribution in [3.63, 3.8) is 0 Å². The number of halogens is 1. The van der Waals surface area contributed by atoms with Crippen molar-refractivity contribution in [1.82, 2.24) is 0 Å². The summed E-state index contributed by atoms with van der Waals surface area (Å²) in [6.45, 7) is 8.06. The Labute approximate surface area is 125 Å². The van der Waals surface area contributed by atoms with E-state index in [9.17, 15) is 0 Å². The molecule has 1 saturated carbocycles. The molecule has 0 amide bonds. The van der Waals surface area contributed by atoms with E-state index in [1.54, 1.807) is 0 Å². The Morgan fingerprint density at radius 3 is 3.00 bits per heavy atom. The Morgan fingerprint density at radius 2 is 2.25 bits per heavy atom. The Hall–Kier alpha value is -0.930. The van der Waals surface area contributed by atoms with Crippen molar-refractivity contribution in [3.8, 4) is 5.75 Å². The highest BCUT2D eigenvalue weighted by Gasteiger charge is 2.59. The molecule has 0 radical (unpaired) electrons. The van der Waals surface area contributed by atoms with Gasteiger partial charge in [-0.25, -0.2) is 0 Å². The van der Waals surface area contributed by atoms with E-state index < -0.39 is 0 Å². The number of benzene rings is 1. The lowest BCUT2D eigenvalue weighted by molar-refractivity contribution is -0.0923. The minimum atomic E-state index is 0.146. The maximum absolute atomic E-state index is 6.12. The molecule has 3 unspecified atom stereocenters. The molecule has 2 fully saturated rings. The SMILES string of the molecule is CCOc1ccc(Cl)cc1NC1C2CCOC2C1(C)C. The van der Waals surface area contributed by atoms with Gasteiger partial charge in [0.1, 0.15) is 5.75 Å². The van der Waals surface area contributed by atoms with E-state index in [1.807, 2.05) is 25.1 Å². The van der Waals surface area contributed by atoms with Crippen LogP contribution in [0.5, 0.6) is 5.75 Å². The third-order valence-electron chi connectivity index (χ3n) is 4.65. The standard InChI is InChI=1S/C16H22ClNO2/c1-4-19-13-6-5-10(17)9-12(13)18-14-11-7-8-20-15(11)16(14,2)3/h5-6,9,11,14-15,18H,4,7-8H2,1-3H3. The van der Waals surface area contributed by atoms with Crippen LogP contribution < -0.4 is 10.1 Å². The number of hydrogen-bond acceptors (Lipinski definition) is 3. The summed E-state index contributed by atoms with van der Waals surface area (Å²) in [7, 11) is 0. The molecule has 3 nitrogen and oxygen atoms in total. The molecule has 0 spiro atoms. The first-order valence-corrected chi connectivity index (χ1v) is 7.72. The summed E-state index contributed by atoms with van der Waals surface area (Å²) in [6, 6.07) is 6.16. The molecule has 4 heteroatoms. The van der Waals surface area contributed by atoms with Gasteiger partial charge in [0.15, 0.2) is 0 Å². The highest BCUT2D eigenvalue weighted by molar-refractivity contribution is 6.30. The Morgan fingerprint density at radius 1 is 1.45 bits per heavy atom. The van der Waals surface area contributed by atoms with Crippen LogP contribution in [-0.2, 0) is 4.74 Å². The lowest BCUT2D eigenvalue weighted by Crippen LogP contribution is -2.63. The highest BCUT2D eigenvalue weighted by Crippen LogP contribution is 2.53. The van der Waals surface area contributed by atoms with Crippen molar-refractivity contribution in [1.29, 1.82) is 0 Å². The first kappa shape index (κ1) is 14.0. The average Bonchev–Trinajstić information content (AvgIpc) is 2.86. The minimum absolute atomic E-state index is 0.146. The fraction of sp³-hybridized carbons (Fsp3) is 0.625. The quantitative estimate of drug-likeness (QED) is 0.912. The van der Waals surface area contributed by atoms with Crippen molar-refractivity contribution < 1.29 is 9.47 Å². The van der Waals surface area contributed by atoms with Gasteiger partial charge in [-0.05, 0) is 31.5 Å². The minimum Gasteiger partial charge on any atom is -0.492 e. The van der Waals surface area contributed by atoms with Crippen LogP contribution in [-0.4, -0.2) is 25.4 Å². The number of anilines is 1. The average molecular weight is 296 g/mol. The third-order valence-corrected chi connectivity index (χ3v) is 4.89. The van der Waals surface area contributed by atoms with Crippen LogP contribution in [0.3, 0.4) is 0 Å². The summed E-state index contributed by atoms with van der Waals surface area (Å²) in [6.07, 6.45) is 1.52. The maximum Gasteiger partial charge on any atom is 0.142 e. The molecule has 0 aromatic heterocycles. The summed E-state index contributed by atoms with van der Waals surface area (Å²) < 4.78 is 11.5.